The van der Waals surface area contributed by atoms with Crippen LogP contribution in [0.1, 0.15) is 38.7 Å². The molecule has 0 radical (unpaired) electrons. The van der Waals surface area contributed by atoms with Gasteiger partial charge in [0.05, 0.1) is 19.1 Å². The number of benzene rings is 2. The summed E-state index contributed by atoms with van der Waals surface area (Å²) in [5.74, 6) is -0.719. The first kappa shape index (κ1) is 28.1. The molecule has 0 aliphatic carbocycles. The molecule has 0 aliphatic rings. The van der Waals surface area contributed by atoms with E-state index in [4.69, 9.17) is 4.74 Å². The predicted molar refractivity (Wildman–Crippen MR) is 134 cm³/mol. The Hall–Kier alpha value is -3.14. The summed E-state index contributed by atoms with van der Waals surface area (Å²) in [6.07, 6.45) is 3.04. The third-order valence-corrected chi connectivity index (χ3v) is 6.66. The standard InChI is InChI=1S/C25H34FN3O5S/c1-5-7-16-27-25(31)23(6-2)28(17-19-8-14-22(34-3)15-9-19)24(30)18-29(35(4,32)33)21-12-10-20(26)11-13-21/h8-15,23H,5-7,16-18H2,1-4H3,(H,27,31)/t23-/m0/s1. The highest BCUT2D eigenvalue weighted by atomic mass is 32.2. The first-order chi connectivity index (χ1) is 16.6. The fourth-order valence-electron chi connectivity index (χ4n) is 3.57. The molecular weight excluding hydrogens is 473 g/mol. The number of hydrogen-bond acceptors (Lipinski definition) is 5. The van der Waals surface area contributed by atoms with Crippen LogP contribution < -0.4 is 14.4 Å². The molecule has 2 aromatic carbocycles. The van der Waals surface area contributed by atoms with E-state index in [1.165, 1.54) is 17.0 Å². The van der Waals surface area contributed by atoms with Gasteiger partial charge in [0.15, 0.2) is 0 Å². The molecule has 2 amide bonds. The number of methoxy groups -OCH3 is 1. The highest BCUT2D eigenvalue weighted by molar-refractivity contribution is 7.92. The number of rotatable bonds is 13. The van der Waals surface area contributed by atoms with Crippen LogP contribution in [-0.2, 0) is 26.2 Å². The molecule has 10 heteroatoms. The minimum atomic E-state index is -3.87. The SMILES string of the molecule is CCCCNC(=O)[C@H](CC)N(Cc1ccc(OC)cc1)C(=O)CN(c1ccc(F)cc1)S(C)(=O)=O. The highest BCUT2D eigenvalue weighted by Gasteiger charge is 2.31. The first-order valence-electron chi connectivity index (χ1n) is 11.5. The monoisotopic (exact) mass is 507 g/mol. The summed E-state index contributed by atoms with van der Waals surface area (Å²) in [6.45, 7) is 3.87. The van der Waals surface area contributed by atoms with Crippen LogP contribution in [0.4, 0.5) is 10.1 Å². The quantitative estimate of drug-likeness (QED) is 0.420. The number of carbonyl (C=O) groups excluding carboxylic acids is 2. The number of ether oxygens (including phenoxy) is 1. The first-order valence-corrected chi connectivity index (χ1v) is 13.4. The van der Waals surface area contributed by atoms with Crippen LogP contribution in [0.3, 0.4) is 0 Å². The lowest BCUT2D eigenvalue weighted by molar-refractivity contribution is -0.140. The largest absolute Gasteiger partial charge is 0.497 e. The number of halogens is 1. The van der Waals surface area contributed by atoms with Gasteiger partial charge in [0, 0.05) is 13.1 Å². The van der Waals surface area contributed by atoms with Crippen molar-refractivity contribution in [1.82, 2.24) is 10.2 Å². The summed E-state index contributed by atoms with van der Waals surface area (Å²) in [6, 6.07) is 11.1. The van der Waals surface area contributed by atoms with Crippen LogP contribution >= 0.6 is 0 Å². The molecule has 0 heterocycles. The number of amides is 2. The van der Waals surface area contributed by atoms with E-state index in [9.17, 15) is 22.4 Å². The maximum atomic E-state index is 13.5. The Morgan fingerprint density at radius 1 is 1.06 bits per heavy atom. The lowest BCUT2D eigenvalue weighted by Gasteiger charge is -2.33. The average molecular weight is 508 g/mol. The van der Waals surface area contributed by atoms with Crippen LogP contribution in [0, 0.1) is 5.82 Å². The van der Waals surface area contributed by atoms with Crippen LogP contribution in [-0.4, -0.2) is 57.6 Å². The molecule has 0 saturated heterocycles. The maximum Gasteiger partial charge on any atom is 0.244 e. The average Bonchev–Trinajstić information content (AvgIpc) is 2.83. The topological polar surface area (TPSA) is 96.0 Å². The van der Waals surface area contributed by atoms with Crippen molar-refractivity contribution in [3.63, 3.8) is 0 Å². The number of hydrogen-bond donors (Lipinski definition) is 1. The molecule has 2 aromatic rings. The van der Waals surface area contributed by atoms with Gasteiger partial charge in [0.1, 0.15) is 24.2 Å². The third-order valence-electron chi connectivity index (χ3n) is 5.52. The van der Waals surface area contributed by atoms with Crippen LogP contribution in [0.15, 0.2) is 48.5 Å². The van der Waals surface area contributed by atoms with Crippen molar-refractivity contribution in [2.45, 2.75) is 45.7 Å². The van der Waals surface area contributed by atoms with Gasteiger partial charge >= 0.3 is 0 Å². The lowest BCUT2D eigenvalue weighted by Crippen LogP contribution is -2.52. The summed E-state index contributed by atoms with van der Waals surface area (Å²) >= 11 is 0. The van der Waals surface area contributed by atoms with E-state index in [1.54, 1.807) is 38.3 Å². The Balaban J connectivity index is 2.38. The van der Waals surface area contributed by atoms with E-state index in [0.29, 0.717) is 18.7 Å². The summed E-state index contributed by atoms with van der Waals surface area (Å²) in [5, 5.41) is 2.87. The fraction of sp³-hybridized carbons (Fsp3) is 0.440. The molecule has 0 bridgehead atoms. The summed E-state index contributed by atoms with van der Waals surface area (Å²) < 4.78 is 44.5. The summed E-state index contributed by atoms with van der Waals surface area (Å²) in [5.41, 5.74) is 0.915. The normalized spacial score (nSPS) is 12.0. The van der Waals surface area contributed by atoms with Gasteiger partial charge in [-0.1, -0.05) is 32.4 Å². The number of unbranched alkanes of at least 4 members (excludes halogenated alkanes) is 1. The summed E-state index contributed by atoms with van der Waals surface area (Å²) in [7, 11) is -2.32. The third kappa shape index (κ3) is 8.24. The van der Waals surface area contributed by atoms with Gasteiger partial charge in [-0.05, 0) is 54.8 Å². The highest BCUT2D eigenvalue weighted by Crippen LogP contribution is 2.21. The zero-order chi connectivity index (χ0) is 26.0. The van der Waals surface area contributed by atoms with Gasteiger partial charge in [-0.15, -0.1) is 0 Å². The Labute approximate surface area is 207 Å². The van der Waals surface area contributed by atoms with Crippen LogP contribution in [0.25, 0.3) is 0 Å². The van der Waals surface area contributed by atoms with Crippen molar-refractivity contribution in [2.24, 2.45) is 0 Å². The second-order valence-electron chi connectivity index (χ2n) is 8.18. The van der Waals surface area contributed by atoms with E-state index in [1.807, 2.05) is 6.92 Å². The Kier molecular flexibility index (Phi) is 10.5. The molecular formula is C25H34FN3O5S. The minimum absolute atomic E-state index is 0.101. The van der Waals surface area contributed by atoms with Crippen molar-refractivity contribution >= 4 is 27.5 Å². The molecule has 0 fully saturated rings. The molecule has 8 nitrogen and oxygen atoms in total. The molecule has 0 spiro atoms. The van der Waals surface area contributed by atoms with Crippen molar-refractivity contribution in [3.8, 4) is 5.75 Å². The number of nitrogens with zero attached hydrogens (tertiary/aromatic N) is 2. The molecule has 0 unspecified atom stereocenters. The molecule has 0 aliphatic heterocycles. The van der Waals surface area contributed by atoms with Crippen LogP contribution in [0.2, 0.25) is 0 Å². The van der Waals surface area contributed by atoms with E-state index < -0.39 is 34.3 Å². The number of anilines is 1. The Morgan fingerprint density at radius 3 is 2.20 bits per heavy atom. The smallest absolute Gasteiger partial charge is 0.244 e. The van der Waals surface area contributed by atoms with Gasteiger partial charge < -0.3 is 15.0 Å². The number of nitrogens with one attached hydrogen (secondary N) is 1. The second kappa shape index (κ2) is 13.1. The molecule has 0 saturated carbocycles. The second-order valence-corrected chi connectivity index (χ2v) is 10.1. The molecule has 0 aromatic heterocycles. The number of sulfonamides is 1. The molecule has 2 rings (SSSR count). The van der Waals surface area contributed by atoms with E-state index in [0.717, 1.165) is 41.1 Å². The molecule has 192 valence electrons. The van der Waals surface area contributed by atoms with Gasteiger partial charge in [-0.25, -0.2) is 12.8 Å². The van der Waals surface area contributed by atoms with Gasteiger partial charge in [0.2, 0.25) is 21.8 Å². The molecule has 1 N–H and O–H groups in total. The van der Waals surface area contributed by atoms with Gasteiger partial charge in [-0.3, -0.25) is 13.9 Å². The number of carbonyl (C=O) groups is 2. The van der Waals surface area contributed by atoms with Crippen molar-refractivity contribution in [2.75, 3.05) is 30.8 Å². The Morgan fingerprint density at radius 2 is 1.69 bits per heavy atom. The zero-order valence-corrected chi connectivity index (χ0v) is 21.5. The zero-order valence-electron chi connectivity index (χ0n) is 20.7. The van der Waals surface area contributed by atoms with Gasteiger partial charge in [-0.2, -0.15) is 0 Å². The van der Waals surface area contributed by atoms with Gasteiger partial charge in [0.25, 0.3) is 0 Å². The Bertz CT molecular complexity index is 1080. The van der Waals surface area contributed by atoms with E-state index in [2.05, 4.69) is 5.32 Å². The van der Waals surface area contributed by atoms with Crippen molar-refractivity contribution in [3.05, 3.63) is 59.9 Å². The predicted octanol–water partition coefficient (Wildman–Crippen LogP) is 3.32. The molecule has 35 heavy (non-hydrogen) atoms. The fourth-order valence-corrected chi connectivity index (χ4v) is 4.42. The van der Waals surface area contributed by atoms with E-state index in [-0.39, 0.29) is 18.1 Å². The van der Waals surface area contributed by atoms with Crippen LogP contribution in [0.5, 0.6) is 5.75 Å². The van der Waals surface area contributed by atoms with Crippen molar-refractivity contribution in [1.29, 1.82) is 0 Å². The summed E-state index contributed by atoms with van der Waals surface area (Å²) in [4.78, 5) is 27.9. The molecule has 1 atom stereocenters. The maximum absolute atomic E-state index is 13.5. The minimum Gasteiger partial charge on any atom is -0.497 e. The van der Waals surface area contributed by atoms with E-state index >= 15 is 0 Å². The van der Waals surface area contributed by atoms with Crippen molar-refractivity contribution < 1.29 is 27.1 Å². The lowest BCUT2D eigenvalue weighted by atomic mass is 10.1.